The van der Waals surface area contributed by atoms with E-state index in [0.717, 1.165) is 5.56 Å². The van der Waals surface area contributed by atoms with Crippen LogP contribution in [0.15, 0.2) is 21.2 Å². The number of thiophene rings is 1. The molecule has 0 aliphatic rings. The number of aliphatic hydroxyl groups excluding tert-OH is 2. The van der Waals surface area contributed by atoms with E-state index in [4.69, 9.17) is 4.42 Å². The summed E-state index contributed by atoms with van der Waals surface area (Å²) in [4.78, 5) is 18.3. The molecule has 0 radical (unpaired) electrons. The van der Waals surface area contributed by atoms with Gasteiger partial charge in [0.05, 0.1) is 25.3 Å². The van der Waals surface area contributed by atoms with Gasteiger partial charge in [-0.3, -0.25) is 4.79 Å². The van der Waals surface area contributed by atoms with Gasteiger partial charge in [-0.2, -0.15) is 11.3 Å². The predicted molar refractivity (Wildman–Crippen MR) is 88.2 cm³/mol. The number of likely N-dealkylation sites (N-methyl/N-ethyl adjacent to an activating group) is 1. The number of hydrogen-bond acceptors (Lipinski definition) is 6. The SMILES string of the molecule is Cc1oc(-c2ccsc2)nc1CC(=O)N(C)CC(C)(CO)CO. The van der Waals surface area contributed by atoms with E-state index in [9.17, 15) is 15.0 Å². The summed E-state index contributed by atoms with van der Waals surface area (Å²) in [6.45, 7) is 3.41. The lowest BCUT2D eigenvalue weighted by atomic mass is 9.92. The number of amides is 1. The highest BCUT2D eigenvalue weighted by Crippen LogP contribution is 2.24. The molecule has 7 heteroatoms. The molecular weight excluding hydrogens is 316 g/mol. The Kier molecular flexibility index (Phi) is 5.56. The number of carbonyl (C=O) groups is 1. The fourth-order valence-corrected chi connectivity index (χ4v) is 2.82. The van der Waals surface area contributed by atoms with Crippen LogP contribution in [0.1, 0.15) is 18.4 Å². The molecule has 0 saturated heterocycles. The molecule has 0 saturated carbocycles. The molecule has 2 aromatic heterocycles. The second-order valence-electron chi connectivity index (χ2n) is 6.09. The zero-order chi connectivity index (χ0) is 17.0. The molecule has 0 aliphatic heterocycles. The van der Waals surface area contributed by atoms with E-state index >= 15 is 0 Å². The first-order valence-corrected chi connectivity index (χ1v) is 8.27. The first-order valence-electron chi connectivity index (χ1n) is 7.33. The zero-order valence-corrected chi connectivity index (χ0v) is 14.4. The standard InChI is InChI=1S/C16H22N2O4S/c1-11-13(17-15(22-11)12-4-5-23-7-12)6-14(21)18(3)8-16(2,9-19)10-20/h4-5,7,19-20H,6,8-10H2,1-3H3. The lowest BCUT2D eigenvalue weighted by Crippen LogP contribution is -2.42. The van der Waals surface area contributed by atoms with Crippen molar-refractivity contribution in [2.24, 2.45) is 5.41 Å². The quantitative estimate of drug-likeness (QED) is 0.802. The van der Waals surface area contributed by atoms with Gasteiger partial charge in [0.1, 0.15) is 5.76 Å². The Hall–Kier alpha value is -1.70. The van der Waals surface area contributed by atoms with Gasteiger partial charge in [0, 0.05) is 30.0 Å². The minimum absolute atomic E-state index is 0.128. The fraction of sp³-hybridized carbons (Fsp3) is 0.500. The summed E-state index contributed by atoms with van der Waals surface area (Å²) >= 11 is 1.56. The average molecular weight is 338 g/mol. The molecule has 23 heavy (non-hydrogen) atoms. The lowest BCUT2D eigenvalue weighted by Gasteiger charge is -2.30. The highest BCUT2D eigenvalue weighted by atomic mass is 32.1. The summed E-state index contributed by atoms with van der Waals surface area (Å²) in [5, 5.41) is 22.6. The Labute approximate surface area is 139 Å². The molecule has 0 bridgehead atoms. The first kappa shape index (κ1) is 17.7. The van der Waals surface area contributed by atoms with Crippen molar-refractivity contribution in [3.8, 4) is 11.5 Å². The normalized spacial score (nSPS) is 11.7. The molecule has 2 N–H and O–H groups in total. The third kappa shape index (κ3) is 4.19. The van der Waals surface area contributed by atoms with Gasteiger partial charge in [0.2, 0.25) is 11.8 Å². The summed E-state index contributed by atoms with van der Waals surface area (Å²) in [6.07, 6.45) is 0.128. The smallest absolute Gasteiger partial charge is 0.228 e. The van der Waals surface area contributed by atoms with Gasteiger partial charge in [-0.15, -0.1) is 0 Å². The summed E-state index contributed by atoms with van der Waals surface area (Å²) in [7, 11) is 1.65. The van der Waals surface area contributed by atoms with Crippen LogP contribution in [-0.4, -0.2) is 52.8 Å². The van der Waals surface area contributed by atoms with Crippen LogP contribution in [0.4, 0.5) is 0 Å². The minimum Gasteiger partial charge on any atom is -0.441 e. The van der Waals surface area contributed by atoms with E-state index in [-0.39, 0.29) is 32.1 Å². The molecular formula is C16H22N2O4S. The molecule has 2 rings (SSSR count). The monoisotopic (exact) mass is 338 g/mol. The van der Waals surface area contributed by atoms with Crippen LogP contribution < -0.4 is 0 Å². The third-order valence-electron chi connectivity index (χ3n) is 3.79. The summed E-state index contributed by atoms with van der Waals surface area (Å²) < 4.78 is 5.63. The van der Waals surface area contributed by atoms with Crippen LogP contribution in [-0.2, 0) is 11.2 Å². The number of carbonyl (C=O) groups excluding carboxylic acids is 1. The van der Waals surface area contributed by atoms with Crippen molar-refractivity contribution in [1.29, 1.82) is 0 Å². The molecule has 0 aromatic carbocycles. The van der Waals surface area contributed by atoms with Gasteiger partial charge >= 0.3 is 0 Å². The van der Waals surface area contributed by atoms with Gasteiger partial charge in [-0.25, -0.2) is 4.98 Å². The Morgan fingerprint density at radius 2 is 2.13 bits per heavy atom. The number of aryl methyl sites for hydroxylation is 1. The summed E-state index contributed by atoms with van der Waals surface area (Å²) in [6, 6.07) is 1.92. The van der Waals surface area contributed by atoms with Crippen molar-refractivity contribution < 1.29 is 19.4 Å². The maximum absolute atomic E-state index is 12.4. The second-order valence-corrected chi connectivity index (χ2v) is 6.87. The van der Waals surface area contributed by atoms with Crippen molar-refractivity contribution in [3.63, 3.8) is 0 Å². The van der Waals surface area contributed by atoms with Gasteiger partial charge in [-0.05, 0) is 18.4 Å². The van der Waals surface area contributed by atoms with Crippen LogP contribution in [0, 0.1) is 12.3 Å². The Morgan fingerprint density at radius 1 is 1.43 bits per heavy atom. The molecule has 0 aliphatic carbocycles. The van der Waals surface area contributed by atoms with Crippen LogP contribution >= 0.6 is 11.3 Å². The second kappa shape index (κ2) is 7.25. The lowest BCUT2D eigenvalue weighted by molar-refractivity contribution is -0.131. The van der Waals surface area contributed by atoms with Crippen LogP contribution in [0.3, 0.4) is 0 Å². The number of nitrogens with zero attached hydrogens (tertiary/aromatic N) is 2. The number of oxazole rings is 1. The molecule has 6 nitrogen and oxygen atoms in total. The Morgan fingerprint density at radius 3 is 2.70 bits per heavy atom. The van der Waals surface area contributed by atoms with Gasteiger partial charge < -0.3 is 19.5 Å². The average Bonchev–Trinajstić information content (AvgIpc) is 3.17. The van der Waals surface area contributed by atoms with Crippen LogP contribution in [0.25, 0.3) is 11.5 Å². The maximum atomic E-state index is 12.4. The summed E-state index contributed by atoms with van der Waals surface area (Å²) in [5.74, 6) is 1.01. The minimum atomic E-state index is -0.717. The van der Waals surface area contributed by atoms with E-state index < -0.39 is 5.41 Å². The van der Waals surface area contributed by atoms with Gasteiger partial charge in [0.15, 0.2) is 0 Å². The largest absolute Gasteiger partial charge is 0.441 e. The van der Waals surface area contributed by atoms with E-state index in [0.29, 0.717) is 17.3 Å². The molecule has 126 valence electrons. The Bertz CT molecular complexity index is 647. The van der Waals surface area contributed by atoms with Crippen molar-refractivity contribution in [3.05, 3.63) is 28.3 Å². The van der Waals surface area contributed by atoms with Gasteiger partial charge in [0.25, 0.3) is 0 Å². The number of aromatic nitrogens is 1. The summed E-state index contributed by atoms with van der Waals surface area (Å²) in [5.41, 5.74) is 0.793. The zero-order valence-electron chi connectivity index (χ0n) is 13.6. The molecule has 0 atom stereocenters. The maximum Gasteiger partial charge on any atom is 0.228 e. The van der Waals surface area contributed by atoms with E-state index in [2.05, 4.69) is 4.98 Å². The first-order chi connectivity index (χ1) is 10.9. The third-order valence-corrected chi connectivity index (χ3v) is 4.47. The van der Waals surface area contributed by atoms with E-state index in [1.165, 1.54) is 4.90 Å². The topological polar surface area (TPSA) is 86.8 Å². The molecule has 0 unspecified atom stereocenters. The Balaban J connectivity index is 2.05. The number of hydrogen-bond donors (Lipinski definition) is 2. The van der Waals surface area contributed by atoms with E-state index in [1.54, 1.807) is 32.2 Å². The van der Waals surface area contributed by atoms with Crippen molar-refractivity contribution >= 4 is 17.2 Å². The number of rotatable bonds is 7. The highest BCUT2D eigenvalue weighted by Gasteiger charge is 2.27. The van der Waals surface area contributed by atoms with Crippen LogP contribution in [0.5, 0.6) is 0 Å². The fourth-order valence-electron chi connectivity index (χ4n) is 2.19. The molecule has 0 fully saturated rings. The van der Waals surface area contributed by atoms with Gasteiger partial charge in [-0.1, -0.05) is 6.92 Å². The molecule has 0 spiro atoms. The number of aliphatic hydroxyl groups is 2. The predicted octanol–water partition coefficient (Wildman–Crippen LogP) is 1.70. The van der Waals surface area contributed by atoms with Crippen LogP contribution in [0.2, 0.25) is 0 Å². The molecule has 2 aromatic rings. The molecule has 2 heterocycles. The molecule has 1 amide bonds. The van der Waals surface area contributed by atoms with Crippen molar-refractivity contribution in [2.75, 3.05) is 26.8 Å². The van der Waals surface area contributed by atoms with Crippen molar-refractivity contribution in [1.82, 2.24) is 9.88 Å². The van der Waals surface area contributed by atoms with Crippen molar-refractivity contribution in [2.45, 2.75) is 20.3 Å². The highest BCUT2D eigenvalue weighted by molar-refractivity contribution is 7.08. The van der Waals surface area contributed by atoms with E-state index in [1.807, 2.05) is 16.8 Å².